The molecular formula is C15H23F3N4O. The number of carbonyl (C=O) groups excluding carboxylic acids is 1. The number of carbonyl (C=O) groups is 1. The Morgan fingerprint density at radius 1 is 1.39 bits per heavy atom. The molecule has 2 atom stereocenters. The first-order valence-corrected chi connectivity index (χ1v) is 7.73. The SMILES string of the molecule is Cc1c(C(C)NC2CC(=O)N(CC(F)(F)F)C2)cnn1C(C)C. The van der Waals surface area contributed by atoms with E-state index in [1.165, 1.54) is 0 Å². The van der Waals surface area contributed by atoms with Crippen LogP contribution in [0, 0.1) is 6.92 Å². The van der Waals surface area contributed by atoms with Crippen LogP contribution in [-0.4, -0.2) is 45.9 Å². The van der Waals surface area contributed by atoms with Crippen LogP contribution in [0.5, 0.6) is 0 Å². The minimum Gasteiger partial charge on any atom is -0.332 e. The van der Waals surface area contributed by atoms with Crippen molar-refractivity contribution in [2.45, 2.75) is 58.4 Å². The third-order valence-electron chi connectivity index (χ3n) is 4.11. The zero-order chi connectivity index (χ0) is 17.4. The summed E-state index contributed by atoms with van der Waals surface area (Å²) in [5, 5.41) is 7.59. The molecule has 130 valence electrons. The summed E-state index contributed by atoms with van der Waals surface area (Å²) in [6.07, 6.45) is -2.49. The summed E-state index contributed by atoms with van der Waals surface area (Å²) < 4.78 is 39.2. The molecule has 2 unspecified atom stereocenters. The van der Waals surface area contributed by atoms with E-state index in [1.54, 1.807) is 6.20 Å². The number of hydrogen-bond donors (Lipinski definition) is 1. The predicted octanol–water partition coefficient (Wildman–Crippen LogP) is 2.59. The molecule has 1 saturated heterocycles. The molecule has 2 heterocycles. The fourth-order valence-electron chi connectivity index (χ4n) is 3.08. The summed E-state index contributed by atoms with van der Waals surface area (Å²) in [7, 11) is 0. The Labute approximate surface area is 133 Å². The second kappa shape index (κ2) is 6.51. The molecule has 1 aliphatic heterocycles. The van der Waals surface area contributed by atoms with E-state index in [0.717, 1.165) is 16.2 Å². The number of likely N-dealkylation sites (tertiary alicyclic amines) is 1. The van der Waals surface area contributed by atoms with Crippen LogP contribution in [0.25, 0.3) is 0 Å². The van der Waals surface area contributed by atoms with Crippen LogP contribution < -0.4 is 5.32 Å². The molecule has 0 spiro atoms. The van der Waals surface area contributed by atoms with Crippen LogP contribution in [0.15, 0.2) is 6.20 Å². The summed E-state index contributed by atoms with van der Waals surface area (Å²) >= 11 is 0. The van der Waals surface area contributed by atoms with Crippen molar-refractivity contribution in [1.82, 2.24) is 20.0 Å². The summed E-state index contributed by atoms with van der Waals surface area (Å²) in [5.41, 5.74) is 2.02. The molecule has 1 N–H and O–H groups in total. The van der Waals surface area contributed by atoms with E-state index in [1.807, 2.05) is 32.4 Å². The highest BCUT2D eigenvalue weighted by molar-refractivity contribution is 5.79. The first-order valence-electron chi connectivity index (χ1n) is 7.73. The van der Waals surface area contributed by atoms with Crippen molar-refractivity contribution in [3.05, 3.63) is 17.5 Å². The fourth-order valence-corrected chi connectivity index (χ4v) is 3.08. The van der Waals surface area contributed by atoms with Gasteiger partial charge in [0, 0.05) is 42.3 Å². The second-order valence-electron chi connectivity index (χ2n) is 6.40. The molecule has 5 nitrogen and oxygen atoms in total. The highest BCUT2D eigenvalue weighted by Crippen LogP contribution is 2.24. The van der Waals surface area contributed by atoms with Gasteiger partial charge in [-0.15, -0.1) is 0 Å². The molecule has 0 radical (unpaired) electrons. The number of aromatic nitrogens is 2. The molecule has 1 fully saturated rings. The van der Waals surface area contributed by atoms with E-state index >= 15 is 0 Å². The van der Waals surface area contributed by atoms with Crippen molar-refractivity contribution >= 4 is 5.91 Å². The monoisotopic (exact) mass is 332 g/mol. The number of alkyl halides is 3. The van der Waals surface area contributed by atoms with Crippen molar-refractivity contribution in [3.63, 3.8) is 0 Å². The third kappa shape index (κ3) is 4.25. The van der Waals surface area contributed by atoms with Crippen molar-refractivity contribution in [2.24, 2.45) is 0 Å². The second-order valence-corrected chi connectivity index (χ2v) is 6.40. The zero-order valence-electron chi connectivity index (χ0n) is 13.8. The number of amides is 1. The zero-order valence-corrected chi connectivity index (χ0v) is 13.8. The van der Waals surface area contributed by atoms with Crippen LogP contribution >= 0.6 is 0 Å². The lowest BCUT2D eigenvalue weighted by Crippen LogP contribution is -2.38. The minimum absolute atomic E-state index is 0.0777. The molecule has 0 aromatic carbocycles. The summed E-state index contributed by atoms with van der Waals surface area (Å²) in [6.45, 7) is 6.88. The van der Waals surface area contributed by atoms with Gasteiger partial charge >= 0.3 is 6.18 Å². The summed E-state index contributed by atoms with van der Waals surface area (Å²) in [6, 6.07) is -0.112. The van der Waals surface area contributed by atoms with Gasteiger partial charge in [-0.05, 0) is 27.7 Å². The molecule has 1 aromatic heterocycles. The molecule has 0 aliphatic carbocycles. The molecule has 1 aromatic rings. The van der Waals surface area contributed by atoms with Crippen LogP contribution in [0.4, 0.5) is 13.2 Å². The van der Waals surface area contributed by atoms with Gasteiger partial charge in [-0.1, -0.05) is 0 Å². The minimum atomic E-state index is -4.36. The molecule has 0 saturated carbocycles. The Bertz CT molecular complexity index is 568. The number of halogens is 3. The fraction of sp³-hybridized carbons (Fsp3) is 0.733. The number of nitrogens with one attached hydrogen (secondary N) is 1. The maximum absolute atomic E-state index is 12.4. The van der Waals surface area contributed by atoms with E-state index in [0.29, 0.717) is 0 Å². The maximum atomic E-state index is 12.4. The Balaban J connectivity index is 1.99. The molecule has 0 bridgehead atoms. The standard InChI is InChI=1S/C15H23F3N4O/c1-9(2)22-11(4)13(6-19-22)10(3)20-12-5-14(23)21(7-12)8-15(16,17)18/h6,9-10,12,20H,5,7-8H2,1-4H3. The molecule has 8 heteroatoms. The van der Waals surface area contributed by atoms with Gasteiger partial charge in [-0.25, -0.2) is 0 Å². The highest BCUT2D eigenvalue weighted by atomic mass is 19.4. The Kier molecular flexibility index (Phi) is 5.03. The number of rotatable bonds is 5. The molecular weight excluding hydrogens is 309 g/mol. The lowest BCUT2D eigenvalue weighted by molar-refractivity contribution is -0.157. The van der Waals surface area contributed by atoms with Gasteiger partial charge in [0.2, 0.25) is 5.91 Å². The van der Waals surface area contributed by atoms with E-state index < -0.39 is 18.6 Å². The van der Waals surface area contributed by atoms with Crippen LogP contribution in [0.2, 0.25) is 0 Å². The van der Waals surface area contributed by atoms with Crippen molar-refractivity contribution < 1.29 is 18.0 Å². The van der Waals surface area contributed by atoms with E-state index in [2.05, 4.69) is 10.4 Å². The van der Waals surface area contributed by atoms with E-state index in [9.17, 15) is 18.0 Å². The quantitative estimate of drug-likeness (QED) is 0.902. The van der Waals surface area contributed by atoms with Gasteiger partial charge in [-0.3, -0.25) is 9.48 Å². The Morgan fingerprint density at radius 3 is 2.57 bits per heavy atom. The van der Waals surface area contributed by atoms with Crippen molar-refractivity contribution in [3.8, 4) is 0 Å². The molecule has 2 rings (SSSR count). The van der Waals surface area contributed by atoms with E-state index in [4.69, 9.17) is 0 Å². The lowest BCUT2D eigenvalue weighted by atomic mass is 10.1. The van der Waals surface area contributed by atoms with Gasteiger partial charge in [0.15, 0.2) is 0 Å². The number of hydrogen-bond acceptors (Lipinski definition) is 3. The van der Waals surface area contributed by atoms with Gasteiger partial charge in [0.25, 0.3) is 0 Å². The highest BCUT2D eigenvalue weighted by Gasteiger charge is 2.38. The molecule has 23 heavy (non-hydrogen) atoms. The van der Waals surface area contributed by atoms with Gasteiger partial charge in [0.1, 0.15) is 6.54 Å². The van der Waals surface area contributed by atoms with Gasteiger partial charge in [-0.2, -0.15) is 18.3 Å². The number of nitrogens with zero attached hydrogens (tertiary/aromatic N) is 3. The smallest absolute Gasteiger partial charge is 0.332 e. The third-order valence-corrected chi connectivity index (χ3v) is 4.11. The van der Waals surface area contributed by atoms with Crippen molar-refractivity contribution in [2.75, 3.05) is 13.1 Å². The van der Waals surface area contributed by atoms with Crippen LogP contribution in [0.1, 0.15) is 50.5 Å². The maximum Gasteiger partial charge on any atom is 0.406 e. The largest absolute Gasteiger partial charge is 0.406 e. The molecule has 1 aliphatic rings. The first kappa shape index (κ1) is 17.8. The van der Waals surface area contributed by atoms with Crippen LogP contribution in [-0.2, 0) is 4.79 Å². The summed E-state index contributed by atoms with van der Waals surface area (Å²) in [5.74, 6) is -0.457. The Morgan fingerprint density at radius 2 is 2.04 bits per heavy atom. The van der Waals surface area contributed by atoms with Gasteiger partial charge in [0.05, 0.1) is 6.20 Å². The Hall–Kier alpha value is -1.57. The van der Waals surface area contributed by atoms with E-state index in [-0.39, 0.29) is 31.1 Å². The van der Waals surface area contributed by atoms with Gasteiger partial charge < -0.3 is 10.2 Å². The normalized spacial score (nSPS) is 20.6. The van der Waals surface area contributed by atoms with Crippen molar-refractivity contribution in [1.29, 1.82) is 0 Å². The lowest BCUT2D eigenvalue weighted by Gasteiger charge is -2.21. The summed E-state index contributed by atoms with van der Waals surface area (Å²) in [4.78, 5) is 12.6. The average molecular weight is 332 g/mol. The first-order chi connectivity index (χ1) is 10.6. The predicted molar refractivity (Wildman–Crippen MR) is 79.9 cm³/mol. The average Bonchev–Trinajstić information content (AvgIpc) is 2.91. The van der Waals surface area contributed by atoms with Crippen LogP contribution in [0.3, 0.4) is 0 Å². The molecule has 1 amide bonds. The topological polar surface area (TPSA) is 50.2 Å².